The van der Waals surface area contributed by atoms with Gasteiger partial charge >= 0.3 is 5.97 Å². The molecule has 110 valence electrons. The Kier molecular flexibility index (Phi) is 3.80. The van der Waals surface area contributed by atoms with E-state index in [0.717, 1.165) is 0 Å². The smallest absolute Gasteiger partial charge is 0.335 e. The van der Waals surface area contributed by atoms with Crippen molar-refractivity contribution in [1.82, 2.24) is 5.16 Å². The average Bonchev–Trinajstić information content (AvgIpc) is 2.88. The van der Waals surface area contributed by atoms with Crippen LogP contribution in [-0.4, -0.2) is 22.1 Å². The Morgan fingerprint density at radius 1 is 1.19 bits per heavy atom. The summed E-state index contributed by atoms with van der Waals surface area (Å²) in [4.78, 5) is 22.8. The van der Waals surface area contributed by atoms with E-state index in [-0.39, 0.29) is 16.7 Å². The van der Waals surface area contributed by atoms with Crippen molar-refractivity contribution in [2.75, 3.05) is 5.32 Å². The molecule has 1 aromatic heterocycles. The number of nitrogens with one attached hydrogen (secondary N) is 1. The number of carboxylic acid groups (broad SMARTS) is 1. The number of carboxylic acids is 1. The van der Waals surface area contributed by atoms with Gasteiger partial charge in [-0.05, 0) is 24.3 Å². The molecule has 2 N–H and O–H groups in total. The van der Waals surface area contributed by atoms with E-state index in [4.69, 9.17) is 9.63 Å². The highest BCUT2D eigenvalue weighted by molar-refractivity contribution is 6.03. The lowest BCUT2D eigenvalue weighted by atomic mass is 9.93. The summed E-state index contributed by atoms with van der Waals surface area (Å²) >= 11 is 0. The van der Waals surface area contributed by atoms with Crippen LogP contribution in [0.25, 0.3) is 0 Å². The predicted octanol–water partition coefficient (Wildman–Crippen LogP) is 2.92. The first kappa shape index (κ1) is 14.8. The fraction of sp³-hybridized carbons (Fsp3) is 0.267. The van der Waals surface area contributed by atoms with Gasteiger partial charge in [0.05, 0.1) is 5.56 Å². The number of aromatic nitrogens is 1. The van der Waals surface area contributed by atoms with Crippen LogP contribution in [0.1, 0.15) is 47.4 Å². The Balaban J connectivity index is 2.11. The maximum absolute atomic E-state index is 12.0. The Hall–Kier alpha value is -2.63. The van der Waals surface area contributed by atoms with E-state index in [9.17, 15) is 9.59 Å². The average molecular weight is 288 g/mol. The number of anilines is 1. The third-order valence-electron chi connectivity index (χ3n) is 2.87. The lowest BCUT2D eigenvalue weighted by molar-refractivity contribution is 0.0696. The SMILES string of the molecule is CC(C)(C)c1cc(C(=O)Nc2ccc(C(=O)O)cc2)no1. The molecule has 2 rings (SSSR count). The highest BCUT2D eigenvalue weighted by atomic mass is 16.5. The van der Waals surface area contributed by atoms with Crippen molar-refractivity contribution in [2.45, 2.75) is 26.2 Å². The number of nitrogens with zero attached hydrogens (tertiary/aromatic N) is 1. The number of hydrogen-bond donors (Lipinski definition) is 2. The van der Waals surface area contributed by atoms with Crippen LogP contribution in [0.4, 0.5) is 5.69 Å². The topological polar surface area (TPSA) is 92.4 Å². The summed E-state index contributed by atoms with van der Waals surface area (Å²) in [7, 11) is 0. The first-order valence-electron chi connectivity index (χ1n) is 6.39. The monoisotopic (exact) mass is 288 g/mol. The van der Waals surface area contributed by atoms with Gasteiger partial charge in [-0.25, -0.2) is 4.79 Å². The summed E-state index contributed by atoms with van der Waals surface area (Å²) in [5.41, 5.74) is 0.603. The van der Waals surface area contributed by atoms with Crippen LogP contribution in [0, 0.1) is 0 Å². The molecule has 0 saturated heterocycles. The van der Waals surface area contributed by atoms with E-state index < -0.39 is 11.9 Å². The van der Waals surface area contributed by atoms with Gasteiger partial charge in [-0.2, -0.15) is 0 Å². The van der Waals surface area contributed by atoms with E-state index in [1.54, 1.807) is 6.07 Å². The highest BCUT2D eigenvalue weighted by Crippen LogP contribution is 2.23. The summed E-state index contributed by atoms with van der Waals surface area (Å²) in [6.45, 7) is 5.87. The molecule has 21 heavy (non-hydrogen) atoms. The number of rotatable bonds is 3. The van der Waals surface area contributed by atoms with Crippen LogP contribution in [-0.2, 0) is 5.41 Å². The van der Waals surface area contributed by atoms with Crippen molar-refractivity contribution in [2.24, 2.45) is 0 Å². The zero-order valence-electron chi connectivity index (χ0n) is 12.0. The molecule has 0 unspecified atom stereocenters. The van der Waals surface area contributed by atoms with E-state index in [1.807, 2.05) is 20.8 Å². The molecule has 2 aromatic rings. The molecular formula is C15H16N2O4. The number of aromatic carboxylic acids is 1. The second kappa shape index (κ2) is 5.40. The molecule has 0 radical (unpaired) electrons. The summed E-state index contributed by atoms with van der Waals surface area (Å²) in [5.74, 6) is -0.801. The van der Waals surface area contributed by atoms with E-state index in [2.05, 4.69) is 10.5 Å². The van der Waals surface area contributed by atoms with Gasteiger partial charge < -0.3 is 14.9 Å². The predicted molar refractivity (Wildman–Crippen MR) is 76.6 cm³/mol. The van der Waals surface area contributed by atoms with Gasteiger partial charge in [0.15, 0.2) is 5.69 Å². The number of carbonyl (C=O) groups is 2. The third kappa shape index (κ3) is 3.47. The zero-order valence-corrected chi connectivity index (χ0v) is 12.0. The molecule has 6 nitrogen and oxygen atoms in total. The fourth-order valence-corrected chi connectivity index (χ4v) is 1.63. The van der Waals surface area contributed by atoms with Crippen molar-refractivity contribution in [3.05, 3.63) is 47.3 Å². The van der Waals surface area contributed by atoms with Crippen LogP contribution in [0.3, 0.4) is 0 Å². The minimum absolute atomic E-state index is 0.157. The van der Waals surface area contributed by atoms with Gasteiger partial charge in [-0.15, -0.1) is 0 Å². The molecule has 0 bridgehead atoms. The normalized spacial score (nSPS) is 11.2. The number of carbonyl (C=O) groups excluding carboxylic acids is 1. The second-order valence-electron chi connectivity index (χ2n) is 5.66. The molecule has 1 heterocycles. The van der Waals surface area contributed by atoms with Gasteiger partial charge in [0, 0.05) is 17.2 Å². The minimum atomic E-state index is -1.01. The van der Waals surface area contributed by atoms with Gasteiger partial charge in [0.2, 0.25) is 0 Å². The maximum Gasteiger partial charge on any atom is 0.335 e. The largest absolute Gasteiger partial charge is 0.478 e. The first-order valence-corrected chi connectivity index (χ1v) is 6.39. The number of benzene rings is 1. The first-order chi connectivity index (χ1) is 9.77. The zero-order chi connectivity index (χ0) is 15.6. The molecule has 0 aliphatic heterocycles. The maximum atomic E-state index is 12.0. The van der Waals surface area contributed by atoms with E-state index in [0.29, 0.717) is 11.4 Å². The molecular weight excluding hydrogens is 272 g/mol. The van der Waals surface area contributed by atoms with Crippen molar-refractivity contribution >= 4 is 17.6 Å². The van der Waals surface area contributed by atoms with Crippen molar-refractivity contribution in [1.29, 1.82) is 0 Å². The molecule has 0 fully saturated rings. The summed E-state index contributed by atoms with van der Waals surface area (Å²) in [5, 5.41) is 15.2. The van der Waals surface area contributed by atoms with Crippen LogP contribution < -0.4 is 5.32 Å². The third-order valence-corrected chi connectivity index (χ3v) is 2.87. The van der Waals surface area contributed by atoms with Gasteiger partial charge in [0.1, 0.15) is 5.76 Å². The van der Waals surface area contributed by atoms with Crippen molar-refractivity contribution in [3.63, 3.8) is 0 Å². The van der Waals surface area contributed by atoms with Crippen molar-refractivity contribution < 1.29 is 19.2 Å². The van der Waals surface area contributed by atoms with E-state index in [1.165, 1.54) is 24.3 Å². The highest BCUT2D eigenvalue weighted by Gasteiger charge is 2.22. The van der Waals surface area contributed by atoms with Crippen molar-refractivity contribution in [3.8, 4) is 0 Å². The van der Waals surface area contributed by atoms with Gasteiger partial charge in [-0.3, -0.25) is 4.79 Å². The van der Waals surface area contributed by atoms with Gasteiger partial charge in [0.25, 0.3) is 5.91 Å². The number of hydrogen-bond acceptors (Lipinski definition) is 4. The quantitative estimate of drug-likeness (QED) is 0.905. The van der Waals surface area contributed by atoms with E-state index >= 15 is 0 Å². The standard InChI is InChI=1S/C15H16N2O4/c1-15(2,3)12-8-11(17-21-12)13(18)16-10-6-4-9(5-7-10)14(19)20/h4-8H,1-3H3,(H,16,18)(H,19,20). The minimum Gasteiger partial charge on any atom is -0.478 e. The Labute approximate surface area is 121 Å². The van der Waals surface area contributed by atoms with Crippen LogP contribution in [0.5, 0.6) is 0 Å². The molecule has 0 spiro atoms. The summed E-state index contributed by atoms with van der Waals surface area (Å²) < 4.78 is 5.15. The molecule has 6 heteroatoms. The summed E-state index contributed by atoms with van der Waals surface area (Å²) in [6, 6.07) is 7.47. The molecule has 0 atom stereocenters. The molecule has 0 aliphatic carbocycles. The van der Waals surface area contributed by atoms with Crippen LogP contribution >= 0.6 is 0 Å². The Bertz CT molecular complexity index is 666. The lowest BCUT2D eigenvalue weighted by Crippen LogP contribution is -2.13. The molecule has 1 amide bonds. The van der Waals surface area contributed by atoms with Gasteiger partial charge in [-0.1, -0.05) is 25.9 Å². The lowest BCUT2D eigenvalue weighted by Gasteiger charge is -2.12. The molecule has 1 aromatic carbocycles. The van der Waals surface area contributed by atoms with Crippen LogP contribution in [0.15, 0.2) is 34.9 Å². The Morgan fingerprint density at radius 3 is 2.29 bits per heavy atom. The molecule has 0 aliphatic rings. The second-order valence-corrected chi connectivity index (χ2v) is 5.66. The van der Waals surface area contributed by atoms with Crippen LogP contribution in [0.2, 0.25) is 0 Å². The Morgan fingerprint density at radius 2 is 1.81 bits per heavy atom. The fourth-order valence-electron chi connectivity index (χ4n) is 1.63. The number of amides is 1. The molecule has 0 saturated carbocycles. The summed E-state index contributed by atoms with van der Waals surface area (Å²) in [6.07, 6.45) is 0.